The number of aliphatic hydroxyl groups is 1. The van der Waals surface area contributed by atoms with Gasteiger partial charge >= 0.3 is 11.4 Å². The van der Waals surface area contributed by atoms with E-state index in [9.17, 15) is 44.5 Å². The number of anilines is 4. The second-order valence-corrected chi connectivity index (χ2v) is 30.4. The molecule has 0 spiro atoms. The number of aliphatic hydroxyl groups excluding tert-OH is 1. The molecule has 44 heteroatoms. The number of hydrogen-bond acceptors (Lipinski definition) is 35. The smallest absolute Gasteiger partial charge is 0.351 e. The van der Waals surface area contributed by atoms with Crippen molar-refractivity contribution >= 4 is 80.2 Å². The molecule has 0 bridgehead atoms. The lowest BCUT2D eigenvalue weighted by Gasteiger charge is -2.37. The number of hydrogen-bond donors (Lipinski definition) is 7. The topological polar surface area (TPSA) is 562 Å². The van der Waals surface area contributed by atoms with Gasteiger partial charge in [-0.1, -0.05) is 66.4 Å². The Hall–Kier alpha value is -12.6. The van der Waals surface area contributed by atoms with E-state index in [1.165, 1.54) is 65.6 Å². The van der Waals surface area contributed by atoms with Gasteiger partial charge in [0.1, 0.15) is 107 Å². The number of nitrogens with two attached hydrogens (primary N) is 4. The molecule has 0 unspecified atom stereocenters. The summed E-state index contributed by atoms with van der Waals surface area (Å²) in [6, 6.07) is 29.7. The van der Waals surface area contributed by atoms with E-state index in [1.54, 1.807) is 34.2 Å². The van der Waals surface area contributed by atoms with Crippen LogP contribution >= 0.6 is 11.8 Å². The van der Waals surface area contributed by atoms with E-state index in [-0.39, 0.29) is 133 Å². The minimum Gasteiger partial charge on any atom is -0.497 e. The van der Waals surface area contributed by atoms with E-state index in [2.05, 4.69) is 49.8 Å². The van der Waals surface area contributed by atoms with Crippen LogP contribution in [0.25, 0.3) is 33.5 Å². The number of nitrogen functional groups attached to an aromatic ring is 4. The minimum absolute atomic E-state index is 0.00972. The van der Waals surface area contributed by atoms with Gasteiger partial charge < -0.3 is 84.9 Å². The predicted molar refractivity (Wildman–Crippen MR) is 426 cm³/mol. The first-order valence-corrected chi connectivity index (χ1v) is 39.3. The molecule has 121 heavy (non-hydrogen) atoms. The summed E-state index contributed by atoms with van der Waals surface area (Å²) in [6.07, 6.45) is -4.97. The first kappa shape index (κ1) is 80.8. The summed E-state index contributed by atoms with van der Waals surface area (Å²) in [5, 5.41) is 35.6. The lowest BCUT2D eigenvalue weighted by atomic mass is 9.80. The van der Waals surface area contributed by atoms with Crippen molar-refractivity contribution in [2.45, 2.75) is 148 Å². The number of H-pyrrole nitrogens is 2. The Morgan fingerprint density at radius 2 is 1.07 bits per heavy atom. The number of aromatic amines is 2. The van der Waals surface area contributed by atoms with Crippen LogP contribution in [0, 0.1) is 27.2 Å². The van der Waals surface area contributed by atoms with Crippen molar-refractivity contribution in [3.8, 4) is 11.5 Å². The average Bonchev–Trinajstić information content (AvgIpc) is 1.27. The van der Waals surface area contributed by atoms with Crippen LogP contribution in [0.2, 0.25) is 0 Å². The van der Waals surface area contributed by atoms with E-state index in [0.717, 1.165) is 34.5 Å². The molecule has 5 saturated heterocycles. The molecular weight excluding hydrogens is 1600 g/mol. The van der Waals surface area contributed by atoms with Gasteiger partial charge in [-0.15, -0.1) is 0 Å². The molecule has 5 fully saturated rings. The number of thioether (sulfide) groups is 1. The third-order valence-electron chi connectivity index (χ3n) is 22.1. The van der Waals surface area contributed by atoms with E-state index >= 15 is 0 Å². The van der Waals surface area contributed by atoms with Crippen LogP contribution in [-0.2, 0) is 58.7 Å². The molecule has 0 aliphatic carbocycles. The third kappa shape index (κ3) is 16.2. The molecule has 630 valence electrons. The summed E-state index contributed by atoms with van der Waals surface area (Å²) in [4.78, 5) is 119. The van der Waals surface area contributed by atoms with Crippen molar-refractivity contribution < 1.29 is 71.8 Å². The van der Waals surface area contributed by atoms with Crippen molar-refractivity contribution in [3.05, 3.63) is 231 Å². The van der Waals surface area contributed by atoms with E-state index in [0.29, 0.717) is 22.7 Å². The van der Waals surface area contributed by atoms with Gasteiger partial charge in [0, 0.05) is 67.4 Å². The van der Waals surface area contributed by atoms with Crippen molar-refractivity contribution in [3.63, 3.8) is 0 Å². The lowest BCUT2D eigenvalue weighted by molar-refractivity contribution is -0.394. The van der Waals surface area contributed by atoms with Crippen molar-refractivity contribution in [1.29, 1.82) is 0 Å². The van der Waals surface area contributed by atoms with Crippen molar-refractivity contribution in [1.82, 2.24) is 77.7 Å². The lowest BCUT2D eigenvalue weighted by Crippen LogP contribution is -2.40. The fourth-order valence-electron chi connectivity index (χ4n) is 16.0. The number of nitrogens with one attached hydrogen (secondary N) is 2. The molecule has 5 aliphatic heterocycles. The Balaban J connectivity index is 0.688. The molecule has 11 N–H and O–H groups in total. The molecule has 0 saturated carbocycles. The fourth-order valence-corrected chi connectivity index (χ4v) is 17.0. The van der Waals surface area contributed by atoms with Crippen LogP contribution in [0.3, 0.4) is 0 Å². The number of aryl methyl sites for hydroxylation is 1. The molecule has 0 radical (unpaired) electrons. The highest BCUT2D eigenvalue weighted by atomic mass is 32.2. The Labute approximate surface area is 686 Å². The van der Waals surface area contributed by atoms with Crippen LogP contribution < -0.4 is 54.9 Å². The molecule has 5 aliphatic rings. The zero-order valence-electron chi connectivity index (χ0n) is 64.7. The molecule has 0 amide bonds. The van der Waals surface area contributed by atoms with Crippen LogP contribution in [0.4, 0.5) is 34.9 Å². The largest absolute Gasteiger partial charge is 0.497 e. The van der Waals surface area contributed by atoms with E-state index in [4.69, 9.17) is 84.8 Å². The summed E-state index contributed by atoms with van der Waals surface area (Å²) < 4.78 is 88.1. The molecule has 8 aromatic heterocycles. The molecule has 17 rings (SSSR count). The van der Waals surface area contributed by atoms with Gasteiger partial charge in [-0.05, 0) is 60.0 Å². The van der Waals surface area contributed by atoms with Crippen molar-refractivity contribution in [2.24, 2.45) is 0 Å². The number of non-ortho nitro benzene ring substituents is 1. The number of ether oxygens (including phenoxy) is 12. The van der Waals surface area contributed by atoms with Crippen LogP contribution in [0.1, 0.15) is 91.1 Å². The maximum atomic E-state index is 13.8. The summed E-state index contributed by atoms with van der Waals surface area (Å²) in [7, 11) is 3.17. The molecule has 13 heterocycles. The van der Waals surface area contributed by atoms with E-state index in [1.807, 2.05) is 78.9 Å². The van der Waals surface area contributed by atoms with Gasteiger partial charge in [-0.25, -0.2) is 39.5 Å². The average molecular weight is 1680 g/mol. The maximum Gasteiger partial charge on any atom is 0.351 e. The Morgan fingerprint density at radius 1 is 0.545 bits per heavy atom. The molecule has 4 aromatic carbocycles. The normalized spacial score (nSPS) is 24.2. The predicted octanol–water partition coefficient (Wildman–Crippen LogP) is 4.72. The maximum absolute atomic E-state index is 13.8. The summed E-state index contributed by atoms with van der Waals surface area (Å²) >= 11 is 1.04. The standard InChI is InChI=1S/C77H80N22O21S/c1-38-27-94(76(104)91-70(38)101)58-22-47(100)52(116-58)28-111-48-25-61(96-36-85-64-68(96)88-73(80)90-71(64)102)118-53(48)29-113-50-26-62(97-37-86-65-69(97)89-74(81)92-72(65)121-33-39-9-14-43(98(105)106)21-46(39)99(107)108)119-55(50)30-112-49-24-60(95-35-84-63-66(79)82-34-83-67(63)95)117-54(49)31-114-51-23-59(93-20-19-57(78)87-75(93)103)120-56(51)32-115-77(40-7-5-4-6-8-40,41-10-15-44(109-2)16-11-41)42-12-17-45(110-3)18-13-42/h4-21,27,34-37,47-56,58-62,100H,22-26,28-33H2,1-3H3,(H2,78,87,103)(H2,79,82,83)(H2,81,89,92)(H,91,101,104)(H3,80,88,90,102)/t47-,48-,49-,50-,51-,52+,53+,54+,55+,56+,58+,59+,60+,61+,62+/m0/s1. The summed E-state index contributed by atoms with van der Waals surface area (Å²) in [5.41, 5.74) is 24.0. The zero-order valence-corrected chi connectivity index (χ0v) is 65.5. The number of fused-ring (bicyclic) bond motifs is 3. The first-order chi connectivity index (χ1) is 58.5. The SMILES string of the molecule is COc1ccc(C(OC[C@H]2O[C@@H](n3ccc(N)nc3=O)C[C@@H]2OC[C@H]2O[C@@H](n3cnc4c(N)ncnc43)C[C@@H]2OC[C@H]2O[C@@H](n3cnc4c(SCc5ccc([N+](=O)[O-])cc5[N+](=O)[O-])nc(N)nc43)C[C@@H]2OC[C@H]2O[C@@H](n3cnc4c(=O)[nH]c(N)nc43)C[C@@H]2OC[C@H]2O[C@@H](n3cc(C)c(=O)[nH]c3=O)C[C@@H]2O)(c2ccccc2)c2ccc(OC)cc2)cc1. The van der Waals surface area contributed by atoms with Crippen LogP contribution in [0.5, 0.6) is 11.5 Å². The highest BCUT2D eigenvalue weighted by molar-refractivity contribution is 7.98. The molecule has 12 aromatic rings. The third-order valence-corrected chi connectivity index (χ3v) is 23.1. The minimum atomic E-state index is -1.32. The van der Waals surface area contributed by atoms with Gasteiger partial charge in [-0.2, -0.15) is 15.0 Å². The monoisotopic (exact) mass is 1680 g/mol. The summed E-state index contributed by atoms with van der Waals surface area (Å²) in [5.74, 6) is 0.911. The molecule has 43 nitrogen and oxygen atoms in total. The zero-order chi connectivity index (χ0) is 84.1. The number of nitro benzene ring substituents is 2. The Bertz CT molecular complexity index is 6050. The van der Waals surface area contributed by atoms with Crippen LogP contribution in [-0.4, -0.2) is 201 Å². The molecule has 15 atom stereocenters. The van der Waals surface area contributed by atoms with Crippen molar-refractivity contribution in [2.75, 3.05) is 70.2 Å². The van der Waals surface area contributed by atoms with Gasteiger partial charge in [0.15, 0.2) is 28.3 Å². The number of methoxy groups -OCH3 is 2. The van der Waals surface area contributed by atoms with Gasteiger partial charge in [0.05, 0.1) is 113 Å². The number of imidazole rings is 3. The van der Waals surface area contributed by atoms with Gasteiger partial charge in [-0.3, -0.25) is 62.6 Å². The quantitative estimate of drug-likeness (QED) is 0.0105. The second-order valence-electron chi connectivity index (χ2n) is 29.4. The van der Waals surface area contributed by atoms with E-state index < -0.39 is 141 Å². The summed E-state index contributed by atoms with van der Waals surface area (Å²) in [6.45, 7) is 0.588. The molecular formula is C77H80N22O21S. The number of nitrogens with zero attached hydrogens (tertiary/aromatic N) is 16. The Kier molecular flexibility index (Phi) is 22.6. The highest BCUT2D eigenvalue weighted by Crippen LogP contribution is 2.46. The Morgan fingerprint density at radius 3 is 1.64 bits per heavy atom. The van der Waals surface area contributed by atoms with Crippen LogP contribution in [0.15, 0.2) is 165 Å². The first-order valence-electron chi connectivity index (χ1n) is 38.3. The number of rotatable bonds is 30. The highest BCUT2D eigenvalue weighted by Gasteiger charge is 2.49. The van der Waals surface area contributed by atoms with Gasteiger partial charge in [0.2, 0.25) is 11.9 Å². The second kappa shape index (κ2) is 33.9. The number of benzene rings is 4. The number of nitro groups is 2. The fraction of sp³-hybridized carbons (Fsp3) is 0.390. The van der Waals surface area contributed by atoms with Gasteiger partial charge in [0.25, 0.3) is 22.5 Å². The number of aromatic nitrogens is 16.